The minimum absolute atomic E-state index is 0.0771. The molecule has 0 heterocycles. The summed E-state index contributed by atoms with van der Waals surface area (Å²) in [6.07, 6.45) is 73.2. The van der Waals surface area contributed by atoms with E-state index in [-0.39, 0.29) is 31.1 Å². The lowest BCUT2D eigenvalue weighted by molar-refractivity contribution is -0.167. The summed E-state index contributed by atoms with van der Waals surface area (Å²) in [6, 6.07) is 0. The SMILES string of the molecule is CCC/C=C\CCCCCCCC(=O)OCC(COC(=O)CCCCCCCCCCCCCCCCCCCCCCCCCCCCCC)OC(=O)CCCCCCC/C=C\C/C=C\CCCCC. The fourth-order valence-electron chi connectivity index (χ4n) is 9.36. The van der Waals surface area contributed by atoms with Crippen LogP contribution in [0.2, 0.25) is 0 Å². The first-order chi connectivity index (χ1) is 35.0. The molecule has 0 aliphatic rings. The van der Waals surface area contributed by atoms with Crippen molar-refractivity contribution < 1.29 is 28.6 Å². The van der Waals surface area contributed by atoms with Crippen LogP contribution in [0.4, 0.5) is 0 Å². The van der Waals surface area contributed by atoms with E-state index in [1.165, 1.54) is 205 Å². The molecule has 0 aliphatic carbocycles. The summed E-state index contributed by atoms with van der Waals surface area (Å²) in [5, 5.41) is 0. The summed E-state index contributed by atoms with van der Waals surface area (Å²) in [6.45, 7) is 6.58. The van der Waals surface area contributed by atoms with Crippen LogP contribution in [-0.2, 0) is 28.6 Å². The van der Waals surface area contributed by atoms with Crippen LogP contribution in [-0.4, -0.2) is 37.2 Å². The molecule has 0 radical (unpaired) electrons. The number of esters is 3. The minimum Gasteiger partial charge on any atom is -0.462 e. The molecule has 0 spiro atoms. The van der Waals surface area contributed by atoms with Crippen LogP contribution in [0.3, 0.4) is 0 Å². The number of rotatable bonds is 58. The highest BCUT2D eigenvalue weighted by atomic mass is 16.6. The van der Waals surface area contributed by atoms with Gasteiger partial charge >= 0.3 is 17.9 Å². The maximum Gasteiger partial charge on any atom is 0.306 e. The molecule has 6 heteroatoms. The van der Waals surface area contributed by atoms with Gasteiger partial charge in [0.1, 0.15) is 13.2 Å². The van der Waals surface area contributed by atoms with Crippen LogP contribution in [0.5, 0.6) is 0 Å². The first-order valence-corrected chi connectivity index (χ1v) is 31.5. The average molecular weight is 998 g/mol. The predicted molar refractivity (Wildman–Crippen MR) is 307 cm³/mol. The maximum absolute atomic E-state index is 12.8. The fraction of sp³-hybridized carbons (Fsp3) is 0.862. The van der Waals surface area contributed by atoms with Crippen molar-refractivity contribution in [2.24, 2.45) is 0 Å². The van der Waals surface area contributed by atoms with E-state index in [9.17, 15) is 14.4 Å². The number of carbonyl (C=O) groups is 3. The van der Waals surface area contributed by atoms with Crippen molar-refractivity contribution in [3.63, 3.8) is 0 Å². The number of carbonyl (C=O) groups excluding carboxylic acids is 3. The molecule has 71 heavy (non-hydrogen) atoms. The second kappa shape index (κ2) is 60.2. The van der Waals surface area contributed by atoms with Crippen molar-refractivity contribution in [3.05, 3.63) is 36.5 Å². The van der Waals surface area contributed by atoms with Crippen LogP contribution >= 0.6 is 0 Å². The third-order valence-electron chi connectivity index (χ3n) is 14.1. The van der Waals surface area contributed by atoms with E-state index < -0.39 is 6.10 Å². The molecule has 0 saturated heterocycles. The summed E-state index contributed by atoms with van der Waals surface area (Å²) in [4.78, 5) is 38.1. The molecule has 416 valence electrons. The zero-order valence-corrected chi connectivity index (χ0v) is 47.8. The highest BCUT2D eigenvalue weighted by Crippen LogP contribution is 2.18. The highest BCUT2D eigenvalue weighted by Gasteiger charge is 2.19. The minimum atomic E-state index is -0.780. The Hall–Kier alpha value is -2.37. The van der Waals surface area contributed by atoms with Gasteiger partial charge < -0.3 is 14.2 Å². The summed E-state index contributed by atoms with van der Waals surface area (Å²) in [7, 11) is 0. The van der Waals surface area contributed by atoms with Gasteiger partial charge in [0.05, 0.1) is 0 Å². The molecule has 0 saturated carbocycles. The number of allylic oxidation sites excluding steroid dienone is 6. The Morgan fingerprint density at radius 2 is 0.535 bits per heavy atom. The fourth-order valence-corrected chi connectivity index (χ4v) is 9.36. The molecule has 0 amide bonds. The molecule has 0 bridgehead atoms. The van der Waals surface area contributed by atoms with E-state index >= 15 is 0 Å². The molecule has 1 unspecified atom stereocenters. The average Bonchev–Trinajstić information content (AvgIpc) is 3.37. The van der Waals surface area contributed by atoms with E-state index in [0.29, 0.717) is 19.3 Å². The van der Waals surface area contributed by atoms with Gasteiger partial charge in [0.2, 0.25) is 0 Å². The second-order valence-electron chi connectivity index (χ2n) is 21.3. The monoisotopic (exact) mass is 997 g/mol. The van der Waals surface area contributed by atoms with Gasteiger partial charge in [0.15, 0.2) is 6.10 Å². The Bertz CT molecular complexity index is 1190. The van der Waals surface area contributed by atoms with Crippen LogP contribution in [0.25, 0.3) is 0 Å². The molecule has 0 aliphatic heterocycles. The van der Waals surface area contributed by atoms with E-state index in [2.05, 4.69) is 57.2 Å². The number of hydrogen-bond donors (Lipinski definition) is 0. The third kappa shape index (κ3) is 58.4. The molecular weight excluding hydrogens is 877 g/mol. The van der Waals surface area contributed by atoms with Crippen LogP contribution in [0, 0.1) is 0 Å². The topological polar surface area (TPSA) is 78.9 Å². The van der Waals surface area contributed by atoms with Gasteiger partial charge in [-0.2, -0.15) is 0 Å². The van der Waals surface area contributed by atoms with E-state index in [4.69, 9.17) is 14.2 Å². The Kier molecular flexibility index (Phi) is 58.2. The Morgan fingerprint density at radius 1 is 0.282 bits per heavy atom. The van der Waals surface area contributed by atoms with Crippen molar-refractivity contribution in [1.82, 2.24) is 0 Å². The summed E-state index contributed by atoms with van der Waals surface area (Å²) >= 11 is 0. The quantitative estimate of drug-likeness (QED) is 0.0261. The molecule has 0 fully saturated rings. The van der Waals surface area contributed by atoms with Crippen molar-refractivity contribution in [2.45, 2.75) is 348 Å². The first kappa shape index (κ1) is 68.6. The van der Waals surface area contributed by atoms with Crippen molar-refractivity contribution in [2.75, 3.05) is 13.2 Å². The Labute approximate surface area is 442 Å². The first-order valence-electron chi connectivity index (χ1n) is 31.5. The van der Waals surface area contributed by atoms with Gasteiger partial charge in [-0.15, -0.1) is 0 Å². The lowest BCUT2D eigenvalue weighted by Crippen LogP contribution is -2.30. The van der Waals surface area contributed by atoms with Gasteiger partial charge in [-0.25, -0.2) is 0 Å². The summed E-state index contributed by atoms with van der Waals surface area (Å²) < 4.78 is 16.8. The summed E-state index contributed by atoms with van der Waals surface area (Å²) in [5.74, 6) is -0.885. The van der Waals surface area contributed by atoms with Crippen molar-refractivity contribution >= 4 is 17.9 Å². The second-order valence-corrected chi connectivity index (χ2v) is 21.3. The zero-order valence-electron chi connectivity index (χ0n) is 47.8. The molecule has 0 aromatic carbocycles. The largest absolute Gasteiger partial charge is 0.462 e. The molecular formula is C65H120O6. The molecule has 0 aromatic rings. The van der Waals surface area contributed by atoms with Crippen LogP contribution in [0.15, 0.2) is 36.5 Å². The standard InChI is InChI=1S/C65H120O6/c1-4-7-10-13-16-19-22-24-26-27-28-29-30-31-32-33-34-35-36-37-38-40-41-43-46-49-52-55-58-64(67)70-61-62(60-69-63(66)57-54-51-48-45-21-18-15-12-9-6-3)71-65(68)59-56-53-50-47-44-42-39-25-23-20-17-14-11-8-5-2/h12,15,17,20,25,39,62H,4-11,13-14,16,18-19,21-24,26-38,40-61H2,1-3H3/b15-12-,20-17-,39-25-. The number of unbranched alkanes of at least 4 members (excludes halogenated alkanes) is 41. The van der Waals surface area contributed by atoms with Gasteiger partial charge in [-0.1, -0.05) is 288 Å². The van der Waals surface area contributed by atoms with E-state index in [1.54, 1.807) is 0 Å². The van der Waals surface area contributed by atoms with Crippen LogP contribution < -0.4 is 0 Å². The molecule has 0 aromatic heterocycles. The molecule has 0 N–H and O–H groups in total. The van der Waals surface area contributed by atoms with E-state index in [0.717, 1.165) is 96.3 Å². The van der Waals surface area contributed by atoms with Crippen molar-refractivity contribution in [1.29, 1.82) is 0 Å². The normalized spacial score (nSPS) is 12.2. The zero-order chi connectivity index (χ0) is 51.4. The lowest BCUT2D eigenvalue weighted by Gasteiger charge is -2.18. The third-order valence-corrected chi connectivity index (χ3v) is 14.1. The number of ether oxygens (including phenoxy) is 3. The Balaban J connectivity index is 4.11. The summed E-state index contributed by atoms with van der Waals surface area (Å²) in [5.41, 5.74) is 0. The Morgan fingerprint density at radius 3 is 0.873 bits per heavy atom. The van der Waals surface area contributed by atoms with Crippen LogP contribution in [0.1, 0.15) is 342 Å². The number of hydrogen-bond acceptors (Lipinski definition) is 6. The van der Waals surface area contributed by atoms with Gasteiger partial charge in [-0.3, -0.25) is 14.4 Å². The molecule has 1 atom stereocenters. The predicted octanol–water partition coefficient (Wildman–Crippen LogP) is 21.2. The van der Waals surface area contributed by atoms with Gasteiger partial charge in [-0.05, 0) is 70.6 Å². The lowest BCUT2D eigenvalue weighted by atomic mass is 10.0. The highest BCUT2D eigenvalue weighted by molar-refractivity contribution is 5.71. The molecule has 6 nitrogen and oxygen atoms in total. The molecule has 0 rings (SSSR count). The van der Waals surface area contributed by atoms with Gasteiger partial charge in [0, 0.05) is 19.3 Å². The van der Waals surface area contributed by atoms with Crippen molar-refractivity contribution in [3.8, 4) is 0 Å². The smallest absolute Gasteiger partial charge is 0.306 e. The van der Waals surface area contributed by atoms with Gasteiger partial charge in [0.25, 0.3) is 0 Å². The van der Waals surface area contributed by atoms with E-state index in [1.807, 2.05) is 0 Å². The maximum atomic E-state index is 12.8.